The first kappa shape index (κ1) is 23.5. The van der Waals surface area contributed by atoms with Crippen LogP contribution in [0.5, 0.6) is 0 Å². The Morgan fingerprint density at radius 3 is 1.42 bits per heavy atom. The lowest BCUT2D eigenvalue weighted by Gasteiger charge is -2.26. The third-order valence-corrected chi connectivity index (χ3v) is 6.48. The Kier molecular flexibility index (Phi) is 6.86. The van der Waals surface area contributed by atoms with Crippen molar-refractivity contribution in [3.05, 3.63) is 70.8 Å². The molecule has 2 aliphatic rings. The molecule has 6 heteroatoms. The molecule has 0 N–H and O–H groups in total. The van der Waals surface area contributed by atoms with Crippen LogP contribution < -0.4 is 0 Å². The number of benzene rings is 2. The summed E-state index contributed by atoms with van der Waals surface area (Å²) in [6.07, 6.45) is 0.648. The van der Waals surface area contributed by atoms with Crippen LogP contribution in [0.3, 0.4) is 0 Å². The molecule has 6 nitrogen and oxygen atoms in total. The van der Waals surface area contributed by atoms with Crippen LogP contribution in [0.2, 0.25) is 0 Å². The van der Waals surface area contributed by atoms with Gasteiger partial charge in [0, 0.05) is 18.3 Å². The first-order valence-corrected chi connectivity index (χ1v) is 11.7. The van der Waals surface area contributed by atoms with E-state index in [-0.39, 0.29) is 41.8 Å². The SMILES string of the molecule is CCC(=O)OCC1OC1c1ccc(C(C)(C)c2ccc(C3OC3COC(=O)CC)cc2)cc1. The largest absolute Gasteiger partial charge is 0.463 e. The third kappa shape index (κ3) is 5.45. The summed E-state index contributed by atoms with van der Waals surface area (Å²) in [5, 5.41) is 0. The summed E-state index contributed by atoms with van der Waals surface area (Å²) in [4.78, 5) is 22.6. The highest BCUT2D eigenvalue weighted by atomic mass is 16.6. The van der Waals surface area contributed by atoms with Gasteiger partial charge in [-0.3, -0.25) is 9.59 Å². The zero-order valence-corrected chi connectivity index (χ0v) is 19.7. The quantitative estimate of drug-likeness (QED) is 0.381. The molecular weight excluding hydrogens is 420 g/mol. The van der Waals surface area contributed by atoms with Gasteiger partial charge < -0.3 is 18.9 Å². The first-order chi connectivity index (χ1) is 15.8. The predicted octanol–water partition coefficient (Wildman–Crippen LogP) is 4.80. The molecule has 33 heavy (non-hydrogen) atoms. The van der Waals surface area contributed by atoms with E-state index in [0.717, 1.165) is 11.1 Å². The van der Waals surface area contributed by atoms with Crippen LogP contribution in [0, 0.1) is 0 Å². The van der Waals surface area contributed by atoms with E-state index in [0.29, 0.717) is 26.1 Å². The zero-order chi connectivity index (χ0) is 23.6. The number of hydrogen-bond acceptors (Lipinski definition) is 6. The van der Waals surface area contributed by atoms with Crippen molar-refractivity contribution in [2.45, 2.75) is 70.4 Å². The molecule has 4 unspecified atom stereocenters. The fraction of sp³-hybridized carbons (Fsp3) is 0.481. The average molecular weight is 453 g/mol. The van der Waals surface area contributed by atoms with Gasteiger partial charge in [-0.1, -0.05) is 76.2 Å². The van der Waals surface area contributed by atoms with Crippen LogP contribution in [0.15, 0.2) is 48.5 Å². The first-order valence-electron chi connectivity index (χ1n) is 11.7. The van der Waals surface area contributed by atoms with E-state index >= 15 is 0 Å². The number of rotatable bonds is 10. The van der Waals surface area contributed by atoms with Gasteiger partial charge in [0.25, 0.3) is 0 Å². The molecule has 0 saturated carbocycles. The van der Waals surface area contributed by atoms with Gasteiger partial charge in [0.2, 0.25) is 0 Å². The molecule has 0 amide bonds. The highest BCUT2D eigenvalue weighted by molar-refractivity contribution is 5.69. The molecule has 0 aliphatic carbocycles. The lowest BCUT2D eigenvalue weighted by Crippen LogP contribution is -2.19. The highest BCUT2D eigenvalue weighted by Gasteiger charge is 2.42. The van der Waals surface area contributed by atoms with Crippen molar-refractivity contribution in [2.75, 3.05) is 13.2 Å². The lowest BCUT2D eigenvalue weighted by molar-refractivity contribution is -0.144. The topological polar surface area (TPSA) is 77.7 Å². The standard InChI is InChI=1S/C27H32O6/c1-5-23(28)30-15-21-25(32-21)17-7-11-19(12-8-17)27(3,4)20-13-9-18(10-14-20)26-22(33-26)16-31-24(29)6-2/h7-14,21-22,25-26H,5-6,15-16H2,1-4H3. The van der Waals surface area contributed by atoms with E-state index in [4.69, 9.17) is 18.9 Å². The minimum absolute atomic E-state index is 0.00538. The van der Waals surface area contributed by atoms with Gasteiger partial charge in [0.15, 0.2) is 0 Å². The molecule has 176 valence electrons. The molecule has 2 saturated heterocycles. The Labute approximate surface area is 195 Å². The number of esters is 2. The summed E-state index contributed by atoms with van der Waals surface area (Å²) in [5.41, 5.74) is 4.45. The predicted molar refractivity (Wildman–Crippen MR) is 123 cm³/mol. The Hall–Kier alpha value is -2.70. The van der Waals surface area contributed by atoms with Crippen molar-refractivity contribution >= 4 is 11.9 Å². The van der Waals surface area contributed by atoms with Crippen LogP contribution in [0.25, 0.3) is 0 Å². The van der Waals surface area contributed by atoms with E-state index in [2.05, 4.69) is 62.4 Å². The second-order valence-corrected chi connectivity index (χ2v) is 9.13. The number of carbonyl (C=O) groups is 2. The van der Waals surface area contributed by atoms with Gasteiger partial charge >= 0.3 is 11.9 Å². The third-order valence-electron chi connectivity index (χ3n) is 6.48. The van der Waals surface area contributed by atoms with Crippen molar-refractivity contribution in [3.8, 4) is 0 Å². The molecule has 2 heterocycles. The Morgan fingerprint density at radius 1 is 0.727 bits per heavy atom. The highest BCUT2D eigenvalue weighted by Crippen LogP contribution is 2.42. The fourth-order valence-electron chi connectivity index (χ4n) is 4.03. The van der Waals surface area contributed by atoms with Gasteiger partial charge in [0.1, 0.15) is 37.6 Å². The Balaban J connectivity index is 1.34. The van der Waals surface area contributed by atoms with Crippen molar-refractivity contribution in [3.63, 3.8) is 0 Å². The minimum Gasteiger partial charge on any atom is -0.463 e. The maximum atomic E-state index is 11.3. The Bertz CT molecular complexity index is 899. The zero-order valence-electron chi connectivity index (χ0n) is 19.7. The Morgan fingerprint density at radius 2 is 1.09 bits per heavy atom. The van der Waals surface area contributed by atoms with Crippen LogP contribution in [-0.2, 0) is 34.0 Å². The van der Waals surface area contributed by atoms with E-state index in [1.54, 1.807) is 13.8 Å². The van der Waals surface area contributed by atoms with E-state index in [1.165, 1.54) is 11.1 Å². The molecule has 2 aromatic carbocycles. The number of epoxide rings is 2. The monoisotopic (exact) mass is 452 g/mol. The maximum absolute atomic E-state index is 11.3. The lowest BCUT2D eigenvalue weighted by atomic mass is 9.77. The van der Waals surface area contributed by atoms with Crippen LogP contribution in [-0.4, -0.2) is 37.4 Å². The molecule has 0 radical (unpaired) electrons. The second-order valence-electron chi connectivity index (χ2n) is 9.13. The molecule has 0 bridgehead atoms. The van der Waals surface area contributed by atoms with Gasteiger partial charge in [-0.2, -0.15) is 0 Å². The van der Waals surface area contributed by atoms with Crippen LogP contribution >= 0.6 is 0 Å². The van der Waals surface area contributed by atoms with Crippen molar-refractivity contribution in [1.29, 1.82) is 0 Å². The summed E-state index contributed by atoms with van der Waals surface area (Å²) >= 11 is 0. The van der Waals surface area contributed by atoms with Gasteiger partial charge in [-0.25, -0.2) is 0 Å². The van der Waals surface area contributed by atoms with Crippen molar-refractivity contribution in [1.82, 2.24) is 0 Å². The molecule has 0 spiro atoms. The van der Waals surface area contributed by atoms with Crippen LogP contribution in [0.4, 0.5) is 0 Å². The summed E-state index contributed by atoms with van der Waals surface area (Å²) in [6, 6.07) is 16.9. The summed E-state index contributed by atoms with van der Waals surface area (Å²) in [7, 11) is 0. The minimum atomic E-state index is -0.198. The average Bonchev–Trinajstić information content (AvgIpc) is 3.76. The molecule has 4 atom stereocenters. The second kappa shape index (κ2) is 9.65. The summed E-state index contributed by atoms with van der Waals surface area (Å²) in [5.74, 6) is -0.396. The van der Waals surface area contributed by atoms with E-state index < -0.39 is 0 Å². The number of ether oxygens (including phenoxy) is 4. The maximum Gasteiger partial charge on any atom is 0.305 e. The smallest absolute Gasteiger partial charge is 0.305 e. The van der Waals surface area contributed by atoms with E-state index in [1.807, 2.05) is 0 Å². The summed E-state index contributed by atoms with van der Waals surface area (Å²) in [6.45, 7) is 8.60. The number of hydrogen-bond donors (Lipinski definition) is 0. The van der Waals surface area contributed by atoms with Gasteiger partial charge in [0.05, 0.1) is 0 Å². The molecule has 0 aromatic heterocycles. The van der Waals surface area contributed by atoms with Crippen LogP contribution in [0.1, 0.15) is 75.0 Å². The normalized spacial score (nSPS) is 23.6. The summed E-state index contributed by atoms with van der Waals surface area (Å²) < 4.78 is 21.7. The molecule has 4 rings (SSSR count). The fourth-order valence-corrected chi connectivity index (χ4v) is 4.03. The van der Waals surface area contributed by atoms with E-state index in [9.17, 15) is 9.59 Å². The van der Waals surface area contributed by atoms with Gasteiger partial charge in [-0.05, 0) is 22.3 Å². The van der Waals surface area contributed by atoms with Crippen molar-refractivity contribution in [2.24, 2.45) is 0 Å². The van der Waals surface area contributed by atoms with Gasteiger partial charge in [-0.15, -0.1) is 0 Å². The molecular formula is C27H32O6. The number of carbonyl (C=O) groups excluding carboxylic acids is 2. The molecule has 2 fully saturated rings. The van der Waals surface area contributed by atoms with Crippen molar-refractivity contribution < 1.29 is 28.5 Å². The molecule has 2 aromatic rings. The molecule has 2 aliphatic heterocycles.